The Bertz CT molecular complexity index is 473. The Kier molecular flexibility index (Phi) is 4.22. The van der Waals surface area contributed by atoms with Crippen LogP contribution in [0.3, 0.4) is 0 Å². The molecule has 0 spiro atoms. The van der Waals surface area contributed by atoms with Gasteiger partial charge in [0.2, 0.25) is 5.91 Å². The van der Waals surface area contributed by atoms with Crippen LogP contribution in [0, 0.1) is 0 Å². The highest BCUT2D eigenvalue weighted by Crippen LogP contribution is 2.34. The summed E-state index contributed by atoms with van der Waals surface area (Å²) >= 11 is 0. The van der Waals surface area contributed by atoms with E-state index in [2.05, 4.69) is 11.9 Å². The summed E-state index contributed by atoms with van der Waals surface area (Å²) in [6.07, 6.45) is 1.88. The van der Waals surface area contributed by atoms with Crippen LogP contribution in [-0.2, 0) is 4.79 Å². The first-order chi connectivity index (χ1) is 9.15. The zero-order valence-electron chi connectivity index (χ0n) is 11.2. The molecule has 0 aromatic heterocycles. The molecule has 4 heteroatoms. The van der Waals surface area contributed by atoms with Gasteiger partial charge in [-0.05, 0) is 19.4 Å². The van der Waals surface area contributed by atoms with Crippen molar-refractivity contribution < 1.29 is 9.90 Å². The van der Waals surface area contributed by atoms with Gasteiger partial charge in [0.1, 0.15) is 6.04 Å². The van der Waals surface area contributed by atoms with Gasteiger partial charge in [-0.25, -0.2) is 0 Å². The van der Waals surface area contributed by atoms with Crippen molar-refractivity contribution >= 4 is 11.6 Å². The van der Waals surface area contributed by atoms with Crippen molar-refractivity contribution in [1.29, 1.82) is 0 Å². The minimum absolute atomic E-state index is 0.0221. The predicted molar refractivity (Wildman–Crippen MR) is 76.0 cm³/mol. The third-order valence-electron chi connectivity index (χ3n) is 3.52. The van der Waals surface area contributed by atoms with Gasteiger partial charge in [-0.2, -0.15) is 0 Å². The molecule has 1 aromatic carbocycles. The molecular formula is C15H20N2O2. The van der Waals surface area contributed by atoms with Gasteiger partial charge in [-0.15, -0.1) is 6.58 Å². The molecule has 4 nitrogen and oxygen atoms in total. The maximum atomic E-state index is 12.0. The Morgan fingerprint density at radius 1 is 1.63 bits per heavy atom. The van der Waals surface area contributed by atoms with Crippen molar-refractivity contribution in [1.82, 2.24) is 5.32 Å². The van der Waals surface area contributed by atoms with Gasteiger partial charge >= 0.3 is 0 Å². The molecular weight excluding hydrogens is 240 g/mol. The number of anilines is 1. The smallest absolute Gasteiger partial charge is 0.242 e. The topological polar surface area (TPSA) is 52.6 Å². The number of para-hydroxylation sites is 1. The van der Waals surface area contributed by atoms with E-state index in [1.54, 1.807) is 6.08 Å². The Morgan fingerprint density at radius 3 is 3.11 bits per heavy atom. The van der Waals surface area contributed by atoms with Crippen LogP contribution in [0.2, 0.25) is 0 Å². The third-order valence-corrected chi connectivity index (χ3v) is 3.52. The van der Waals surface area contributed by atoms with Gasteiger partial charge < -0.3 is 15.3 Å². The van der Waals surface area contributed by atoms with E-state index >= 15 is 0 Å². The highest BCUT2D eigenvalue weighted by molar-refractivity contribution is 5.85. The van der Waals surface area contributed by atoms with Crippen molar-refractivity contribution in [2.45, 2.75) is 25.5 Å². The van der Waals surface area contributed by atoms with Crippen LogP contribution < -0.4 is 10.2 Å². The summed E-state index contributed by atoms with van der Waals surface area (Å²) in [5.41, 5.74) is 1.85. The summed E-state index contributed by atoms with van der Waals surface area (Å²) in [7, 11) is 0. The number of nitrogens with zero attached hydrogens (tertiary/aromatic N) is 1. The predicted octanol–water partition coefficient (Wildman–Crippen LogP) is 1.62. The number of nitrogens with one attached hydrogen (secondary N) is 1. The molecule has 1 aliphatic heterocycles. The molecule has 2 unspecified atom stereocenters. The fourth-order valence-electron chi connectivity index (χ4n) is 2.43. The van der Waals surface area contributed by atoms with E-state index in [1.165, 1.54) is 0 Å². The summed E-state index contributed by atoms with van der Waals surface area (Å²) in [5, 5.41) is 12.8. The second-order valence-electron chi connectivity index (χ2n) is 4.77. The minimum Gasteiger partial charge on any atom is -0.388 e. The van der Waals surface area contributed by atoms with Crippen molar-refractivity contribution in [3.63, 3.8) is 0 Å². The lowest BCUT2D eigenvalue weighted by molar-refractivity contribution is -0.121. The molecule has 0 saturated carbocycles. The number of aliphatic hydroxyl groups excluding tert-OH is 1. The molecule has 102 valence electrons. The Balaban J connectivity index is 2.19. The van der Waals surface area contributed by atoms with Gasteiger partial charge in [0, 0.05) is 24.3 Å². The summed E-state index contributed by atoms with van der Waals surface area (Å²) in [6.45, 7) is 6.63. The first kappa shape index (κ1) is 13.6. The fourth-order valence-corrected chi connectivity index (χ4v) is 2.43. The fraction of sp³-hybridized carbons (Fsp3) is 0.400. The van der Waals surface area contributed by atoms with Crippen LogP contribution >= 0.6 is 0 Å². The van der Waals surface area contributed by atoms with E-state index in [9.17, 15) is 9.90 Å². The molecule has 2 atom stereocenters. The lowest BCUT2D eigenvalue weighted by atomic mass is 9.97. The maximum absolute atomic E-state index is 12.0. The second kappa shape index (κ2) is 5.89. The van der Waals surface area contributed by atoms with Crippen LogP contribution in [0.25, 0.3) is 0 Å². The van der Waals surface area contributed by atoms with Crippen molar-refractivity contribution in [2.24, 2.45) is 0 Å². The average Bonchev–Trinajstić information content (AvgIpc) is 2.45. The SMILES string of the molecule is C=CCNC(=O)C(C)N1CCC(O)c2ccccc21. The van der Waals surface area contributed by atoms with Crippen molar-refractivity contribution in [3.8, 4) is 0 Å². The van der Waals surface area contributed by atoms with Crippen LogP contribution in [0.5, 0.6) is 0 Å². The first-order valence-electron chi connectivity index (χ1n) is 6.57. The van der Waals surface area contributed by atoms with Gasteiger partial charge in [0.15, 0.2) is 0 Å². The number of carbonyl (C=O) groups excluding carboxylic acids is 1. The zero-order valence-corrected chi connectivity index (χ0v) is 11.2. The number of carbonyl (C=O) groups is 1. The van der Waals surface area contributed by atoms with E-state index in [0.717, 1.165) is 11.3 Å². The number of hydrogen-bond donors (Lipinski definition) is 2. The highest BCUT2D eigenvalue weighted by Gasteiger charge is 2.29. The second-order valence-corrected chi connectivity index (χ2v) is 4.77. The monoisotopic (exact) mass is 260 g/mol. The average molecular weight is 260 g/mol. The number of fused-ring (bicyclic) bond motifs is 1. The largest absolute Gasteiger partial charge is 0.388 e. The number of hydrogen-bond acceptors (Lipinski definition) is 3. The first-order valence-corrected chi connectivity index (χ1v) is 6.57. The lowest BCUT2D eigenvalue weighted by Gasteiger charge is -2.37. The Hall–Kier alpha value is -1.81. The summed E-state index contributed by atoms with van der Waals surface area (Å²) in [5.74, 6) is -0.0221. The normalized spacial score (nSPS) is 19.5. The summed E-state index contributed by atoms with van der Waals surface area (Å²) in [6, 6.07) is 7.45. The molecule has 1 aliphatic rings. The molecule has 0 aliphatic carbocycles. The van der Waals surface area contributed by atoms with Gasteiger partial charge in [0.05, 0.1) is 6.10 Å². The van der Waals surface area contributed by atoms with Crippen LogP contribution in [0.1, 0.15) is 25.0 Å². The van der Waals surface area contributed by atoms with E-state index < -0.39 is 6.10 Å². The minimum atomic E-state index is -0.434. The maximum Gasteiger partial charge on any atom is 0.242 e. The number of benzene rings is 1. The number of amides is 1. The molecule has 0 saturated heterocycles. The van der Waals surface area contributed by atoms with Crippen LogP contribution in [0.4, 0.5) is 5.69 Å². The van der Waals surface area contributed by atoms with E-state index in [1.807, 2.05) is 36.1 Å². The van der Waals surface area contributed by atoms with Gasteiger partial charge in [0.25, 0.3) is 0 Å². The van der Waals surface area contributed by atoms with E-state index in [-0.39, 0.29) is 11.9 Å². The molecule has 1 amide bonds. The van der Waals surface area contributed by atoms with Crippen molar-refractivity contribution in [2.75, 3.05) is 18.0 Å². The van der Waals surface area contributed by atoms with Crippen LogP contribution in [-0.4, -0.2) is 30.1 Å². The van der Waals surface area contributed by atoms with E-state index in [0.29, 0.717) is 19.5 Å². The quantitative estimate of drug-likeness (QED) is 0.809. The highest BCUT2D eigenvalue weighted by atomic mass is 16.3. The molecule has 1 aromatic rings. The number of aliphatic hydroxyl groups is 1. The molecule has 2 rings (SSSR count). The van der Waals surface area contributed by atoms with E-state index in [4.69, 9.17) is 0 Å². The lowest BCUT2D eigenvalue weighted by Crippen LogP contribution is -2.47. The summed E-state index contributed by atoms with van der Waals surface area (Å²) < 4.78 is 0. The molecule has 2 N–H and O–H groups in total. The van der Waals surface area contributed by atoms with Gasteiger partial charge in [-0.3, -0.25) is 4.79 Å². The zero-order chi connectivity index (χ0) is 13.8. The molecule has 0 bridgehead atoms. The molecule has 1 heterocycles. The number of rotatable bonds is 4. The standard InChI is InChI=1S/C15H20N2O2/c1-3-9-16-15(19)11(2)17-10-8-14(18)12-6-4-5-7-13(12)17/h3-7,11,14,18H,1,8-10H2,2H3,(H,16,19). The summed E-state index contributed by atoms with van der Waals surface area (Å²) in [4.78, 5) is 14.1. The third kappa shape index (κ3) is 2.79. The molecule has 19 heavy (non-hydrogen) atoms. The molecule has 0 fully saturated rings. The Morgan fingerprint density at radius 2 is 2.37 bits per heavy atom. The van der Waals surface area contributed by atoms with Crippen LogP contribution in [0.15, 0.2) is 36.9 Å². The molecule has 0 radical (unpaired) electrons. The Labute approximate surface area is 113 Å². The van der Waals surface area contributed by atoms with Gasteiger partial charge in [-0.1, -0.05) is 24.3 Å². The van der Waals surface area contributed by atoms with Crippen molar-refractivity contribution in [3.05, 3.63) is 42.5 Å².